The summed E-state index contributed by atoms with van der Waals surface area (Å²) in [6, 6.07) is 3.25. The number of benzene rings is 1. The van der Waals surface area contributed by atoms with E-state index in [1.54, 1.807) is 6.07 Å². The lowest BCUT2D eigenvalue weighted by Crippen LogP contribution is -2.26. The van der Waals surface area contributed by atoms with Crippen LogP contribution in [0.4, 0.5) is 5.69 Å². The Bertz CT molecular complexity index is 652. The number of amides is 1. The summed E-state index contributed by atoms with van der Waals surface area (Å²) in [6.45, 7) is 0.881. The Morgan fingerprint density at radius 3 is 2.68 bits per heavy atom. The monoisotopic (exact) mass is 411 g/mol. The van der Waals surface area contributed by atoms with E-state index >= 15 is 0 Å². The number of rotatable bonds is 6. The van der Waals surface area contributed by atoms with Crippen LogP contribution in [0, 0.1) is 0 Å². The summed E-state index contributed by atoms with van der Waals surface area (Å²) in [7, 11) is -3.61. The molecule has 1 aromatic rings. The van der Waals surface area contributed by atoms with E-state index in [0.29, 0.717) is 42.5 Å². The molecule has 0 saturated carbocycles. The molecule has 0 radical (unpaired) electrons. The van der Waals surface area contributed by atoms with Crippen molar-refractivity contribution in [1.82, 2.24) is 4.72 Å². The average molecular weight is 413 g/mol. The van der Waals surface area contributed by atoms with Crippen LogP contribution in [0.15, 0.2) is 21.5 Å². The molecule has 0 aliphatic carbocycles. The van der Waals surface area contributed by atoms with Crippen LogP contribution in [-0.2, 0) is 21.2 Å². The minimum absolute atomic E-state index is 0. The fourth-order valence-electron chi connectivity index (χ4n) is 2.14. The maximum atomic E-state index is 12.3. The van der Waals surface area contributed by atoms with Crippen LogP contribution in [-0.4, -0.2) is 27.4 Å². The molecule has 0 spiro atoms. The number of aryl methyl sites for hydroxylation is 1. The van der Waals surface area contributed by atoms with Gasteiger partial charge in [0.1, 0.15) is 0 Å². The molecule has 0 atom stereocenters. The molecule has 2 rings (SSSR count). The normalized spacial score (nSPS) is 14.0. The molecule has 1 aliphatic heterocycles. The molecule has 0 aromatic heterocycles. The van der Waals surface area contributed by atoms with Crippen molar-refractivity contribution in [3.05, 3.63) is 22.2 Å². The number of nitrogens with two attached hydrogens (primary N) is 1. The highest BCUT2D eigenvalue weighted by Crippen LogP contribution is 2.31. The molecule has 6 nitrogen and oxygen atoms in total. The van der Waals surface area contributed by atoms with Gasteiger partial charge in [-0.25, -0.2) is 13.1 Å². The van der Waals surface area contributed by atoms with Crippen molar-refractivity contribution >= 4 is 50.0 Å². The zero-order valence-electron chi connectivity index (χ0n) is 11.9. The van der Waals surface area contributed by atoms with E-state index in [4.69, 9.17) is 5.73 Å². The highest BCUT2D eigenvalue weighted by molar-refractivity contribution is 9.10. The standard InChI is InChI=1S/C13H18BrN3O3S.ClH/c14-10-7-9-3-4-13(18)17-11(9)8-12(10)21(19,20)16-6-2-1-5-15;/h7-8,16H,1-6,15H2,(H,17,18);1H. The van der Waals surface area contributed by atoms with Crippen molar-refractivity contribution in [3.63, 3.8) is 0 Å². The van der Waals surface area contributed by atoms with E-state index in [0.717, 1.165) is 12.0 Å². The van der Waals surface area contributed by atoms with Gasteiger partial charge in [-0.3, -0.25) is 4.79 Å². The SMILES string of the molecule is Cl.NCCCCNS(=O)(=O)c1cc2c(cc1Br)CCC(=O)N2. The van der Waals surface area contributed by atoms with Crippen LogP contribution in [0.5, 0.6) is 0 Å². The molecule has 124 valence electrons. The van der Waals surface area contributed by atoms with Crippen LogP contribution in [0.3, 0.4) is 0 Å². The highest BCUT2D eigenvalue weighted by atomic mass is 79.9. The predicted octanol–water partition coefficient (Wildman–Crippen LogP) is 1.77. The molecular weight excluding hydrogens is 394 g/mol. The van der Waals surface area contributed by atoms with Gasteiger partial charge in [0, 0.05) is 23.1 Å². The minimum Gasteiger partial charge on any atom is -0.330 e. The van der Waals surface area contributed by atoms with Crippen LogP contribution < -0.4 is 15.8 Å². The van der Waals surface area contributed by atoms with Gasteiger partial charge < -0.3 is 11.1 Å². The number of sulfonamides is 1. The van der Waals surface area contributed by atoms with Crippen molar-refractivity contribution in [2.45, 2.75) is 30.6 Å². The van der Waals surface area contributed by atoms with Crippen LogP contribution >= 0.6 is 28.3 Å². The maximum Gasteiger partial charge on any atom is 0.241 e. The molecule has 0 bridgehead atoms. The number of anilines is 1. The van der Waals surface area contributed by atoms with Gasteiger partial charge in [0.05, 0.1) is 4.90 Å². The first-order valence-corrected chi connectivity index (χ1v) is 9.03. The van der Waals surface area contributed by atoms with E-state index in [2.05, 4.69) is 26.0 Å². The Labute approximate surface area is 144 Å². The number of hydrogen-bond donors (Lipinski definition) is 3. The third-order valence-corrected chi connectivity index (χ3v) is 5.69. The number of halogens is 2. The molecule has 0 unspecified atom stereocenters. The maximum absolute atomic E-state index is 12.3. The Hall–Kier alpha value is -0.670. The summed E-state index contributed by atoms with van der Waals surface area (Å²) < 4.78 is 27.6. The lowest BCUT2D eigenvalue weighted by atomic mass is 10.0. The first kappa shape index (κ1) is 19.4. The number of unbranched alkanes of at least 4 members (excludes halogenated alkanes) is 1. The zero-order chi connectivity index (χ0) is 15.5. The molecule has 1 aromatic carbocycles. The van der Waals surface area contributed by atoms with Gasteiger partial charge in [-0.1, -0.05) is 0 Å². The van der Waals surface area contributed by atoms with Gasteiger partial charge in [0.2, 0.25) is 15.9 Å². The van der Waals surface area contributed by atoms with Gasteiger partial charge in [-0.05, 0) is 59.4 Å². The minimum atomic E-state index is -3.61. The van der Waals surface area contributed by atoms with Gasteiger partial charge >= 0.3 is 0 Å². The van der Waals surface area contributed by atoms with E-state index in [9.17, 15) is 13.2 Å². The third kappa shape index (κ3) is 4.66. The fraction of sp³-hybridized carbons (Fsp3) is 0.462. The van der Waals surface area contributed by atoms with Gasteiger partial charge in [0.15, 0.2) is 0 Å². The summed E-state index contributed by atoms with van der Waals surface area (Å²) in [5.74, 6) is -0.0934. The Morgan fingerprint density at radius 2 is 2.00 bits per heavy atom. The number of carbonyl (C=O) groups is 1. The van der Waals surface area contributed by atoms with E-state index < -0.39 is 10.0 Å². The van der Waals surface area contributed by atoms with Crippen molar-refractivity contribution in [2.24, 2.45) is 5.73 Å². The summed E-state index contributed by atoms with van der Waals surface area (Å²) in [6.07, 6.45) is 2.49. The van der Waals surface area contributed by atoms with Gasteiger partial charge in [-0.15, -0.1) is 12.4 Å². The predicted molar refractivity (Wildman–Crippen MR) is 91.8 cm³/mol. The van der Waals surface area contributed by atoms with Crippen molar-refractivity contribution in [3.8, 4) is 0 Å². The molecular formula is C13H19BrClN3O3S. The average Bonchev–Trinajstić information content (AvgIpc) is 2.43. The quantitative estimate of drug-likeness (QED) is 0.620. The van der Waals surface area contributed by atoms with Crippen molar-refractivity contribution in [1.29, 1.82) is 0 Å². The largest absolute Gasteiger partial charge is 0.330 e. The summed E-state index contributed by atoms with van der Waals surface area (Å²) in [5.41, 5.74) is 6.88. The van der Waals surface area contributed by atoms with Gasteiger partial charge in [-0.2, -0.15) is 0 Å². The van der Waals surface area contributed by atoms with Crippen LogP contribution in [0.1, 0.15) is 24.8 Å². The molecule has 22 heavy (non-hydrogen) atoms. The van der Waals surface area contributed by atoms with Gasteiger partial charge in [0.25, 0.3) is 0 Å². The molecule has 1 aliphatic rings. The number of fused-ring (bicyclic) bond motifs is 1. The number of carbonyl (C=O) groups excluding carboxylic acids is 1. The topological polar surface area (TPSA) is 101 Å². The van der Waals surface area contributed by atoms with Crippen LogP contribution in [0.2, 0.25) is 0 Å². The highest BCUT2D eigenvalue weighted by Gasteiger charge is 2.22. The molecule has 1 heterocycles. The van der Waals surface area contributed by atoms with E-state index in [1.807, 2.05) is 0 Å². The van der Waals surface area contributed by atoms with Crippen molar-refractivity contribution < 1.29 is 13.2 Å². The molecule has 0 saturated heterocycles. The summed E-state index contributed by atoms with van der Waals surface area (Å²) in [5, 5.41) is 2.71. The number of hydrogen-bond acceptors (Lipinski definition) is 4. The summed E-state index contributed by atoms with van der Waals surface area (Å²) in [4.78, 5) is 11.6. The Morgan fingerprint density at radius 1 is 1.27 bits per heavy atom. The first-order chi connectivity index (χ1) is 9.94. The second-order valence-corrected chi connectivity index (χ2v) is 7.47. The molecule has 9 heteroatoms. The molecule has 1 amide bonds. The number of nitrogens with one attached hydrogen (secondary N) is 2. The van der Waals surface area contributed by atoms with Crippen LogP contribution in [0.25, 0.3) is 0 Å². The zero-order valence-corrected chi connectivity index (χ0v) is 15.1. The Balaban J connectivity index is 0.00000242. The lowest BCUT2D eigenvalue weighted by Gasteiger charge is -2.19. The summed E-state index contributed by atoms with van der Waals surface area (Å²) >= 11 is 3.30. The molecule has 0 fully saturated rings. The van der Waals surface area contributed by atoms with E-state index in [1.165, 1.54) is 6.07 Å². The fourth-order valence-corrected chi connectivity index (χ4v) is 4.33. The second kappa shape index (κ2) is 8.26. The lowest BCUT2D eigenvalue weighted by molar-refractivity contribution is -0.116. The van der Waals surface area contributed by atoms with Crippen molar-refractivity contribution in [2.75, 3.05) is 18.4 Å². The second-order valence-electron chi connectivity index (χ2n) is 4.88. The molecule has 4 N–H and O–H groups in total. The first-order valence-electron chi connectivity index (χ1n) is 6.76. The smallest absolute Gasteiger partial charge is 0.241 e. The van der Waals surface area contributed by atoms with E-state index in [-0.39, 0.29) is 23.2 Å². The Kier molecular flexibility index (Phi) is 7.27. The third-order valence-electron chi connectivity index (χ3n) is 3.27.